The fourth-order valence-corrected chi connectivity index (χ4v) is 3.79. The Hall–Kier alpha value is -4.64. The van der Waals surface area contributed by atoms with Crippen LogP contribution in [0.5, 0.6) is 11.5 Å². The Bertz CT molecular complexity index is 1500. The normalized spacial score (nSPS) is 10.7. The van der Waals surface area contributed by atoms with E-state index in [9.17, 15) is 9.59 Å². The number of fused-ring (bicyclic) bond motifs is 1. The first-order valence-corrected chi connectivity index (χ1v) is 11.2. The van der Waals surface area contributed by atoms with Gasteiger partial charge in [0.1, 0.15) is 36.2 Å². The molecule has 1 aromatic heterocycles. The Balaban J connectivity index is 1.55. The lowest BCUT2D eigenvalue weighted by atomic mass is 10.1. The highest BCUT2D eigenvalue weighted by Gasteiger charge is 2.17. The van der Waals surface area contributed by atoms with Crippen molar-refractivity contribution in [1.29, 1.82) is 0 Å². The SMILES string of the molecule is O=Cc1ccc(-c2cc(=O)c3c(OCc4ccccc4)c(OCc4ccccc4)ccc3o2)cc1. The first kappa shape index (κ1) is 22.2. The number of hydrogen-bond donors (Lipinski definition) is 0. The summed E-state index contributed by atoms with van der Waals surface area (Å²) >= 11 is 0. The van der Waals surface area contributed by atoms with Crippen molar-refractivity contribution in [3.63, 3.8) is 0 Å². The number of aldehydes is 1. The summed E-state index contributed by atoms with van der Waals surface area (Å²) in [6.45, 7) is 0.608. The largest absolute Gasteiger partial charge is 0.485 e. The Kier molecular flexibility index (Phi) is 6.39. The molecule has 0 saturated heterocycles. The van der Waals surface area contributed by atoms with Crippen molar-refractivity contribution in [3.05, 3.63) is 130 Å². The smallest absolute Gasteiger partial charge is 0.197 e. The van der Waals surface area contributed by atoms with Crippen LogP contribution in [0, 0.1) is 0 Å². The molecule has 0 atom stereocenters. The number of rotatable bonds is 8. The van der Waals surface area contributed by atoms with Gasteiger partial charge in [0.05, 0.1) is 0 Å². The van der Waals surface area contributed by atoms with Crippen LogP contribution in [0.4, 0.5) is 0 Å². The third kappa shape index (κ3) is 4.99. The predicted molar refractivity (Wildman–Crippen MR) is 135 cm³/mol. The minimum Gasteiger partial charge on any atom is -0.485 e. The van der Waals surface area contributed by atoms with E-state index in [1.165, 1.54) is 6.07 Å². The Morgan fingerprint density at radius 3 is 1.97 bits per heavy atom. The van der Waals surface area contributed by atoms with E-state index in [4.69, 9.17) is 13.9 Å². The number of hydrogen-bond acceptors (Lipinski definition) is 5. The van der Waals surface area contributed by atoms with Gasteiger partial charge in [0.15, 0.2) is 16.9 Å². The van der Waals surface area contributed by atoms with Gasteiger partial charge in [0.25, 0.3) is 0 Å². The molecule has 5 rings (SSSR count). The van der Waals surface area contributed by atoms with Gasteiger partial charge >= 0.3 is 0 Å². The van der Waals surface area contributed by atoms with Crippen molar-refractivity contribution in [2.45, 2.75) is 13.2 Å². The Morgan fingerprint density at radius 2 is 1.34 bits per heavy atom. The van der Waals surface area contributed by atoms with Gasteiger partial charge < -0.3 is 13.9 Å². The summed E-state index contributed by atoms with van der Waals surface area (Å²) in [6.07, 6.45) is 0.771. The molecule has 0 saturated carbocycles. The van der Waals surface area contributed by atoms with Gasteiger partial charge in [-0.15, -0.1) is 0 Å². The fourth-order valence-electron chi connectivity index (χ4n) is 3.79. The zero-order chi connectivity index (χ0) is 24.0. The van der Waals surface area contributed by atoms with Gasteiger partial charge in [-0.2, -0.15) is 0 Å². The quantitative estimate of drug-likeness (QED) is 0.249. The van der Waals surface area contributed by atoms with Crippen molar-refractivity contribution in [2.24, 2.45) is 0 Å². The molecule has 0 unspecified atom stereocenters. The van der Waals surface area contributed by atoms with Gasteiger partial charge in [0, 0.05) is 17.2 Å². The van der Waals surface area contributed by atoms with E-state index in [2.05, 4.69) is 0 Å². The van der Waals surface area contributed by atoms with E-state index in [1.807, 2.05) is 60.7 Å². The van der Waals surface area contributed by atoms with E-state index >= 15 is 0 Å². The minimum absolute atomic E-state index is 0.242. The lowest BCUT2D eigenvalue weighted by molar-refractivity contribution is 0.112. The lowest BCUT2D eigenvalue weighted by Crippen LogP contribution is -2.07. The summed E-state index contributed by atoms with van der Waals surface area (Å²) in [5, 5.41) is 0.319. The van der Waals surface area contributed by atoms with Crippen LogP contribution < -0.4 is 14.9 Å². The zero-order valence-electron chi connectivity index (χ0n) is 18.8. The molecule has 5 heteroatoms. The van der Waals surface area contributed by atoms with E-state index < -0.39 is 0 Å². The van der Waals surface area contributed by atoms with Gasteiger partial charge in [0.2, 0.25) is 0 Å². The molecular formula is C30H22O5. The maximum atomic E-state index is 13.3. The molecule has 0 radical (unpaired) electrons. The number of carbonyl (C=O) groups is 1. The molecule has 0 aliphatic carbocycles. The number of benzene rings is 4. The summed E-state index contributed by atoms with van der Waals surface area (Å²) < 4.78 is 18.3. The van der Waals surface area contributed by atoms with E-state index in [0.717, 1.165) is 17.4 Å². The third-order valence-corrected chi connectivity index (χ3v) is 5.61. The van der Waals surface area contributed by atoms with E-state index in [1.54, 1.807) is 36.4 Å². The maximum Gasteiger partial charge on any atom is 0.197 e. The second-order valence-electron chi connectivity index (χ2n) is 8.03. The van der Waals surface area contributed by atoms with Gasteiger partial charge in [-0.3, -0.25) is 9.59 Å². The molecule has 5 aromatic rings. The molecule has 4 aromatic carbocycles. The van der Waals surface area contributed by atoms with Crippen molar-refractivity contribution in [3.8, 4) is 22.8 Å². The first-order chi connectivity index (χ1) is 17.2. The number of ether oxygens (including phenoxy) is 2. The summed E-state index contributed by atoms with van der Waals surface area (Å²) in [6, 6.07) is 31.3. The fraction of sp³-hybridized carbons (Fsp3) is 0.0667. The topological polar surface area (TPSA) is 65.7 Å². The average molecular weight is 463 g/mol. The highest BCUT2D eigenvalue weighted by Crippen LogP contribution is 2.36. The van der Waals surface area contributed by atoms with Crippen LogP contribution in [0.2, 0.25) is 0 Å². The van der Waals surface area contributed by atoms with Gasteiger partial charge in [-0.1, -0.05) is 84.9 Å². The molecule has 0 spiro atoms. The molecule has 0 N–H and O–H groups in total. The zero-order valence-corrected chi connectivity index (χ0v) is 18.8. The molecule has 172 valence electrons. The van der Waals surface area contributed by atoms with Crippen LogP contribution in [0.1, 0.15) is 21.5 Å². The molecule has 0 aliphatic heterocycles. The molecular weight excluding hydrogens is 440 g/mol. The highest BCUT2D eigenvalue weighted by molar-refractivity contribution is 5.87. The van der Waals surface area contributed by atoms with Gasteiger partial charge in [-0.05, 0) is 23.3 Å². The second kappa shape index (κ2) is 10.1. The summed E-state index contributed by atoms with van der Waals surface area (Å²) in [5.74, 6) is 1.22. The van der Waals surface area contributed by atoms with Gasteiger partial charge in [-0.25, -0.2) is 0 Å². The predicted octanol–water partition coefficient (Wildman–Crippen LogP) is 6.43. The second-order valence-corrected chi connectivity index (χ2v) is 8.03. The standard InChI is InChI=1S/C30H22O5/c31-18-21-11-13-24(14-12-21)28-17-25(32)29-26(35-28)15-16-27(33-19-22-7-3-1-4-8-22)30(29)34-20-23-9-5-2-6-10-23/h1-18H,19-20H2. The molecule has 35 heavy (non-hydrogen) atoms. The van der Waals surface area contributed by atoms with Crippen LogP contribution in [0.25, 0.3) is 22.3 Å². The first-order valence-electron chi connectivity index (χ1n) is 11.2. The van der Waals surface area contributed by atoms with Crippen molar-refractivity contribution >= 4 is 17.3 Å². The minimum atomic E-state index is -0.242. The lowest BCUT2D eigenvalue weighted by Gasteiger charge is -2.15. The number of carbonyl (C=O) groups excluding carboxylic acids is 1. The van der Waals surface area contributed by atoms with Crippen LogP contribution in [0.3, 0.4) is 0 Å². The maximum absolute atomic E-state index is 13.3. The van der Waals surface area contributed by atoms with Crippen LogP contribution in [0.15, 0.2) is 112 Å². The Labute approximate surface area is 202 Å². The van der Waals surface area contributed by atoms with E-state index in [-0.39, 0.29) is 12.0 Å². The monoisotopic (exact) mass is 462 g/mol. The Morgan fingerprint density at radius 1 is 0.714 bits per heavy atom. The molecule has 1 heterocycles. The molecule has 0 bridgehead atoms. The third-order valence-electron chi connectivity index (χ3n) is 5.61. The van der Waals surface area contributed by atoms with Crippen LogP contribution in [-0.4, -0.2) is 6.29 Å². The molecule has 0 fully saturated rings. The molecule has 0 aliphatic rings. The van der Waals surface area contributed by atoms with Crippen molar-refractivity contribution in [1.82, 2.24) is 0 Å². The highest BCUT2D eigenvalue weighted by atomic mass is 16.5. The van der Waals surface area contributed by atoms with Crippen LogP contribution >= 0.6 is 0 Å². The van der Waals surface area contributed by atoms with Crippen molar-refractivity contribution in [2.75, 3.05) is 0 Å². The molecule has 0 amide bonds. The molecule has 5 nitrogen and oxygen atoms in total. The van der Waals surface area contributed by atoms with E-state index in [0.29, 0.717) is 46.0 Å². The van der Waals surface area contributed by atoms with Crippen LogP contribution in [-0.2, 0) is 13.2 Å². The summed E-state index contributed by atoms with van der Waals surface area (Å²) in [5.41, 5.74) is 3.37. The van der Waals surface area contributed by atoms with Crippen molar-refractivity contribution < 1.29 is 18.7 Å². The average Bonchev–Trinajstić information content (AvgIpc) is 2.92. The summed E-state index contributed by atoms with van der Waals surface area (Å²) in [7, 11) is 0. The summed E-state index contributed by atoms with van der Waals surface area (Å²) in [4.78, 5) is 24.3.